The number of aliphatic hydroxyl groups is 1. The molecule has 0 aromatic heterocycles. The fourth-order valence-electron chi connectivity index (χ4n) is 10.2. The SMILES string of the molecule is CC[C@H]1C=CCC[C@@]2(C[C@@H]3CC[C@H]4[C@H](C(=O)OCCCCCCCCCCCCCCCC(=O)N(CCCN)C[C@@H](O)CCN)[C@]5(CCC[C@@H](C)O5)N=C(N2)N34)O1. The lowest BCUT2D eigenvalue weighted by Crippen LogP contribution is -2.71. The van der Waals surface area contributed by atoms with Crippen LogP contribution in [0.2, 0.25) is 0 Å². The maximum absolute atomic E-state index is 14.0. The molecule has 5 rings (SSSR count). The first-order valence-corrected chi connectivity index (χ1v) is 23.4. The van der Waals surface area contributed by atoms with Crippen molar-refractivity contribution in [3.63, 3.8) is 0 Å². The summed E-state index contributed by atoms with van der Waals surface area (Å²) in [6.07, 6.45) is 29.4. The molecule has 0 aromatic carbocycles. The zero-order valence-electron chi connectivity index (χ0n) is 35.8. The Bertz CT molecular complexity index is 1280. The number of nitrogens with one attached hydrogen (secondary N) is 1. The third-order valence-electron chi connectivity index (χ3n) is 13.2. The van der Waals surface area contributed by atoms with Gasteiger partial charge in [-0.25, -0.2) is 4.99 Å². The minimum atomic E-state index is -0.886. The van der Waals surface area contributed by atoms with Crippen LogP contribution < -0.4 is 16.8 Å². The number of carbonyl (C=O) groups is 2. The van der Waals surface area contributed by atoms with Crippen LogP contribution in [-0.2, 0) is 23.8 Å². The summed E-state index contributed by atoms with van der Waals surface area (Å²) in [5.74, 6) is 0.440. The molecule has 0 aliphatic carbocycles. The molecule has 12 nitrogen and oxygen atoms in total. The second-order valence-electron chi connectivity index (χ2n) is 17.9. The summed E-state index contributed by atoms with van der Waals surface area (Å²) in [7, 11) is 0. The molecule has 0 saturated carbocycles. The normalized spacial score (nSPS) is 29.8. The molecule has 6 N–H and O–H groups in total. The van der Waals surface area contributed by atoms with Crippen molar-refractivity contribution in [2.75, 3.05) is 32.8 Å². The number of allylic oxidation sites excluding steroid dienone is 1. The van der Waals surface area contributed by atoms with Gasteiger partial charge in [0, 0.05) is 32.0 Å². The number of unbranched alkanes of at least 4 members (excludes halogenated alkanes) is 12. The van der Waals surface area contributed by atoms with Crippen molar-refractivity contribution < 1.29 is 28.9 Å². The molecule has 12 heteroatoms. The average Bonchev–Trinajstić information content (AvgIpc) is 3.49. The Morgan fingerprint density at radius 1 is 0.965 bits per heavy atom. The van der Waals surface area contributed by atoms with E-state index in [1.807, 2.05) is 0 Å². The Labute approximate surface area is 344 Å². The molecule has 8 atom stereocenters. The highest BCUT2D eigenvalue weighted by Gasteiger charge is 2.62. The number of nitrogens with zero attached hydrogens (tertiary/aromatic N) is 3. The summed E-state index contributed by atoms with van der Waals surface area (Å²) >= 11 is 0. The van der Waals surface area contributed by atoms with E-state index in [-0.39, 0.29) is 30.1 Å². The molecule has 2 spiro atoms. The highest BCUT2D eigenvalue weighted by molar-refractivity contribution is 5.87. The van der Waals surface area contributed by atoms with E-state index in [4.69, 9.17) is 30.7 Å². The quantitative estimate of drug-likeness (QED) is 0.0438. The number of amides is 1. The van der Waals surface area contributed by atoms with Crippen molar-refractivity contribution in [1.29, 1.82) is 0 Å². The number of carbonyl (C=O) groups excluding carboxylic acids is 2. The first kappa shape index (κ1) is 45.8. The van der Waals surface area contributed by atoms with Crippen LogP contribution >= 0.6 is 0 Å². The largest absolute Gasteiger partial charge is 0.465 e. The van der Waals surface area contributed by atoms with Gasteiger partial charge >= 0.3 is 5.97 Å². The molecule has 326 valence electrons. The van der Waals surface area contributed by atoms with Crippen LogP contribution in [0.15, 0.2) is 17.1 Å². The third-order valence-corrected chi connectivity index (χ3v) is 13.2. The number of aliphatic imine (C=N–C) groups is 1. The van der Waals surface area contributed by atoms with Gasteiger partial charge in [0.2, 0.25) is 5.91 Å². The fraction of sp³-hybridized carbons (Fsp3) is 0.889. The van der Waals surface area contributed by atoms with Crippen molar-refractivity contribution >= 4 is 17.8 Å². The van der Waals surface area contributed by atoms with Crippen molar-refractivity contribution in [2.24, 2.45) is 22.4 Å². The maximum Gasteiger partial charge on any atom is 0.316 e. The van der Waals surface area contributed by atoms with Crippen molar-refractivity contribution in [1.82, 2.24) is 15.1 Å². The molecule has 57 heavy (non-hydrogen) atoms. The predicted molar refractivity (Wildman–Crippen MR) is 226 cm³/mol. The number of esters is 1. The van der Waals surface area contributed by atoms with Crippen molar-refractivity contribution in [2.45, 2.75) is 216 Å². The van der Waals surface area contributed by atoms with E-state index < -0.39 is 23.5 Å². The number of hydrogen-bond acceptors (Lipinski definition) is 11. The second-order valence-corrected chi connectivity index (χ2v) is 17.9. The summed E-state index contributed by atoms with van der Waals surface area (Å²) < 4.78 is 19.6. The van der Waals surface area contributed by atoms with Crippen molar-refractivity contribution in [3.05, 3.63) is 12.2 Å². The molecule has 3 saturated heterocycles. The van der Waals surface area contributed by atoms with E-state index in [0.29, 0.717) is 51.7 Å². The zero-order chi connectivity index (χ0) is 40.5. The zero-order valence-corrected chi connectivity index (χ0v) is 35.8. The third kappa shape index (κ3) is 13.1. The van der Waals surface area contributed by atoms with Crippen LogP contribution in [0.1, 0.15) is 174 Å². The van der Waals surface area contributed by atoms with E-state index in [1.165, 1.54) is 57.8 Å². The van der Waals surface area contributed by atoms with Gasteiger partial charge < -0.3 is 45.9 Å². The molecule has 0 bridgehead atoms. The Hall–Kier alpha value is -2.25. The first-order chi connectivity index (χ1) is 27.7. The van der Waals surface area contributed by atoms with Crippen LogP contribution in [0.3, 0.4) is 0 Å². The highest BCUT2D eigenvalue weighted by atomic mass is 16.6. The Morgan fingerprint density at radius 3 is 2.33 bits per heavy atom. The minimum absolute atomic E-state index is 0.0307. The Morgan fingerprint density at radius 2 is 1.67 bits per heavy atom. The van der Waals surface area contributed by atoms with Gasteiger partial charge in [-0.1, -0.05) is 89.7 Å². The lowest BCUT2D eigenvalue weighted by molar-refractivity contribution is -0.194. The van der Waals surface area contributed by atoms with Gasteiger partial charge in [0.1, 0.15) is 11.6 Å². The smallest absolute Gasteiger partial charge is 0.316 e. The molecule has 5 aliphatic rings. The van der Waals surface area contributed by atoms with E-state index in [2.05, 4.69) is 36.2 Å². The summed E-state index contributed by atoms with van der Waals surface area (Å²) in [5, 5.41) is 13.9. The number of aliphatic hydroxyl groups excluding tert-OH is 1. The molecule has 1 amide bonds. The molecular weight excluding hydrogens is 721 g/mol. The van der Waals surface area contributed by atoms with Gasteiger partial charge in [0.05, 0.1) is 31.0 Å². The summed E-state index contributed by atoms with van der Waals surface area (Å²) in [6.45, 7) is 6.68. The first-order valence-electron chi connectivity index (χ1n) is 23.4. The predicted octanol–water partition coefficient (Wildman–Crippen LogP) is 6.82. The Kier molecular flexibility index (Phi) is 18.9. The lowest BCUT2D eigenvalue weighted by atomic mass is 9.80. The highest BCUT2D eigenvalue weighted by Crippen LogP contribution is 2.50. The minimum Gasteiger partial charge on any atom is -0.465 e. The van der Waals surface area contributed by atoms with Gasteiger partial charge in [0.15, 0.2) is 11.7 Å². The molecule has 0 unspecified atom stereocenters. The number of guanidine groups is 1. The summed E-state index contributed by atoms with van der Waals surface area (Å²) in [5.41, 5.74) is 9.88. The van der Waals surface area contributed by atoms with Gasteiger partial charge in [0.25, 0.3) is 0 Å². The molecule has 5 heterocycles. The van der Waals surface area contributed by atoms with Gasteiger partial charge in [-0.05, 0) is 97.1 Å². The van der Waals surface area contributed by atoms with E-state index in [1.54, 1.807) is 4.90 Å². The standard InChI is InChI=1S/C45H80N6O6/c1-3-38-22-16-17-27-44(57-38)33-36-24-25-39-41(45(28-19-21-35(2)56-45)49-43(48-44)51(36)39)42(54)55-32-18-14-12-10-8-6-4-5-7-9-11-13-15-23-40(53)50(31-20-29-46)34-37(52)26-30-47/h16,22,35-39,41,52H,3-15,17-21,23-34,46-47H2,1-2H3,(H,48,49)/t35-,36+,37+,38+,39+,41-,44+,45-/m1/s1. The molecule has 0 aromatic rings. The van der Waals surface area contributed by atoms with Crippen LogP contribution in [-0.4, -0.2) is 107 Å². The van der Waals surface area contributed by atoms with Crippen LogP contribution in [0.25, 0.3) is 0 Å². The average molecular weight is 801 g/mol. The van der Waals surface area contributed by atoms with Gasteiger partial charge in [-0.3, -0.25) is 9.59 Å². The second kappa shape index (κ2) is 23.5. The van der Waals surface area contributed by atoms with Crippen molar-refractivity contribution in [3.8, 4) is 0 Å². The molecular formula is C45H80N6O6. The number of rotatable bonds is 25. The molecule has 0 radical (unpaired) electrons. The van der Waals surface area contributed by atoms with E-state index in [0.717, 1.165) is 95.9 Å². The number of nitrogens with two attached hydrogens (primary N) is 2. The van der Waals surface area contributed by atoms with Crippen LogP contribution in [0, 0.1) is 5.92 Å². The lowest BCUT2D eigenvalue weighted by Gasteiger charge is -2.55. The summed E-state index contributed by atoms with van der Waals surface area (Å²) in [6, 6.07) is 0.328. The van der Waals surface area contributed by atoms with Crippen LogP contribution in [0.5, 0.6) is 0 Å². The summed E-state index contributed by atoms with van der Waals surface area (Å²) in [4.78, 5) is 36.3. The Balaban J connectivity index is 0.943. The number of ether oxygens (including phenoxy) is 3. The topological polar surface area (TPSA) is 165 Å². The molecule has 3 fully saturated rings. The van der Waals surface area contributed by atoms with Crippen LogP contribution in [0.4, 0.5) is 0 Å². The number of hydrogen-bond donors (Lipinski definition) is 4. The molecule has 5 aliphatic heterocycles. The van der Waals surface area contributed by atoms with E-state index >= 15 is 0 Å². The fourth-order valence-corrected chi connectivity index (χ4v) is 10.2. The van der Waals surface area contributed by atoms with Gasteiger partial charge in [-0.15, -0.1) is 0 Å². The maximum atomic E-state index is 14.0. The van der Waals surface area contributed by atoms with Gasteiger partial charge in [-0.2, -0.15) is 0 Å². The monoisotopic (exact) mass is 801 g/mol. The van der Waals surface area contributed by atoms with E-state index in [9.17, 15) is 14.7 Å².